The van der Waals surface area contributed by atoms with E-state index in [9.17, 15) is 0 Å². The summed E-state index contributed by atoms with van der Waals surface area (Å²) >= 11 is 0. The smallest absolute Gasteiger partial charge is 0.159 e. The number of nitrogens with zero attached hydrogens (tertiary/aromatic N) is 5. The van der Waals surface area contributed by atoms with Gasteiger partial charge in [-0.25, -0.2) is 9.97 Å². The summed E-state index contributed by atoms with van der Waals surface area (Å²) in [5.74, 6) is 4.41. The van der Waals surface area contributed by atoms with Crippen LogP contribution < -0.4 is 4.90 Å². The summed E-state index contributed by atoms with van der Waals surface area (Å²) in [5, 5.41) is 0. The molecule has 2 aromatic rings. The minimum Gasteiger partial charge on any atom is -0.352 e. The predicted molar refractivity (Wildman–Crippen MR) is 86.1 cm³/mol. The van der Waals surface area contributed by atoms with Gasteiger partial charge in [-0.1, -0.05) is 19.8 Å². The molecule has 2 fully saturated rings. The lowest BCUT2D eigenvalue weighted by molar-refractivity contribution is 0.293. The van der Waals surface area contributed by atoms with E-state index in [0.29, 0.717) is 6.04 Å². The second-order valence-corrected chi connectivity index (χ2v) is 6.73. The molecule has 2 aromatic heterocycles. The summed E-state index contributed by atoms with van der Waals surface area (Å²) in [7, 11) is 0. The fourth-order valence-electron chi connectivity index (χ4n) is 4.26. The molecule has 0 bridgehead atoms. The van der Waals surface area contributed by atoms with Crippen molar-refractivity contribution in [2.45, 2.75) is 45.6 Å². The molecule has 1 saturated heterocycles. The maximum absolute atomic E-state index is 4.87. The molecule has 22 heavy (non-hydrogen) atoms. The van der Waals surface area contributed by atoms with E-state index in [2.05, 4.69) is 21.8 Å². The van der Waals surface area contributed by atoms with Gasteiger partial charge in [0.15, 0.2) is 5.82 Å². The molecule has 0 aromatic carbocycles. The van der Waals surface area contributed by atoms with Gasteiger partial charge >= 0.3 is 0 Å². The van der Waals surface area contributed by atoms with Crippen LogP contribution in [0.3, 0.4) is 0 Å². The summed E-state index contributed by atoms with van der Waals surface area (Å²) in [4.78, 5) is 16.1. The molecular weight excluding hydrogens is 274 g/mol. The Kier molecular flexibility index (Phi) is 3.36. The van der Waals surface area contributed by atoms with Gasteiger partial charge in [0, 0.05) is 25.0 Å². The standard InChI is InChI=1S/C17H23N5/c1-12-11-22(15-6-4-3-5-14(12)15)17-10-18-9-16(20-17)21-8-7-19-13(21)2/h7-10,12,14-15H,3-6,11H2,1-2H3. The molecule has 5 heteroatoms. The van der Waals surface area contributed by atoms with Gasteiger partial charge in [-0.2, -0.15) is 0 Å². The first-order valence-electron chi connectivity index (χ1n) is 8.33. The molecule has 1 aliphatic heterocycles. The third-order valence-electron chi connectivity index (χ3n) is 5.37. The van der Waals surface area contributed by atoms with Gasteiger partial charge in [0.25, 0.3) is 0 Å². The van der Waals surface area contributed by atoms with Crippen molar-refractivity contribution in [1.29, 1.82) is 0 Å². The Bertz CT molecular complexity index is 665. The van der Waals surface area contributed by atoms with Gasteiger partial charge in [-0.3, -0.25) is 9.55 Å². The molecule has 1 saturated carbocycles. The fourth-order valence-corrected chi connectivity index (χ4v) is 4.26. The Morgan fingerprint density at radius 3 is 2.77 bits per heavy atom. The maximum Gasteiger partial charge on any atom is 0.159 e. The summed E-state index contributed by atoms with van der Waals surface area (Å²) in [6, 6.07) is 0.650. The van der Waals surface area contributed by atoms with Crippen LogP contribution in [0.15, 0.2) is 24.8 Å². The minimum absolute atomic E-state index is 0.650. The highest BCUT2D eigenvalue weighted by Gasteiger charge is 2.41. The number of anilines is 1. The number of imidazole rings is 1. The maximum atomic E-state index is 4.87. The fraction of sp³-hybridized carbons (Fsp3) is 0.588. The molecule has 4 rings (SSSR count). The average Bonchev–Trinajstić information content (AvgIpc) is 3.12. The number of hydrogen-bond acceptors (Lipinski definition) is 4. The zero-order valence-corrected chi connectivity index (χ0v) is 13.3. The van der Waals surface area contributed by atoms with E-state index in [1.807, 2.05) is 30.1 Å². The number of aryl methyl sites for hydroxylation is 1. The van der Waals surface area contributed by atoms with Crippen molar-refractivity contribution in [3.05, 3.63) is 30.6 Å². The van der Waals surface area contributed by atoms with Crippen molar-refractivity contribution in [2.75, 3.05) is 11.4 Å². The molecule has 0 spiro atoms. The van der Waals surface area contributed by atoms with Crippen LogP contribution in [0.5, 0.6) is 0 Å². The Morgan fingerprint density at radius 2 is 1.95 bits per heavy atom. The molecule has 0 radical (unpaired) electrons. The first kappa shape index (κ1) is 13.7. The van der Waals surface area contributed by atoms with Crippen LogP contribution in [0.1, 0.15) is 38.4 Å². The van der Waals surface area contributed by atoms with Crippen LogP contribution in [0, 0.1) is 18.8 Å². The highest BCUT2D eigenvalue weighted by atomic mass is 15.3. The van der Waals surface area contributed by atoms with Crippen molar-refractivity contribution in [2.24, 2.45) is 11.8 Å². The lowest BCUT2D eigenvalue weighted by Gasteiger charge is -2.32. The Labute approximate surface area is 131 Å². The van der Waals surface area contributed by atoms with Crippen molar-refractivity contribution in [1.82, 2.24) is 19.5 Å². The number of rotatable bonds is 2. The Balaban J connectivity index is 1.67. The zero-order valence-electron chi connectivity index (χ0n) is 13.3. The van der Waals surface area contributed by atoms with E-state index in [0.717, 1.165) is 35.8 Å². The molecule has 0 amide bonds. The van der Waals surface area contributed by atoms with Gasteiger partial charge in [0.2, 0.25) is 0 Å². The molecule has 2 aliphatic rings. The second-order valence-electron chi connectivity index (χ2n) is 6.73. The monoisotopic (exact) mass is 297 g/mol. The van der Waals surface area contributed by atoms with E-state index in [1.54, 1.807) is 6.20 Å². The lowest BCUT2D eigenvalue weighted by Crippen LogP contribution is -2.35. The molecule has 1 aliphatic carbocycles. The second kappa shape index (κ2) is 5.38. The first-order chi connectivity index (χ1) is 10.7. The predicted octanol–water partition coefficient (Wildman–Crippen LogP) is 2.99. The van der Waals surface area contributed by atoms with E-state index < -0.39 is 0 Å². The van der Waals surface area contributed by atoms with Gasteiger partial charge in [0.05, 0.1) is 12.4 Å². The Hall–Kier alpha value is -1.91. The highest BCUT2D eigenvalue weighted by molar-refractivity contribution is 5.43. The van der Waals surface area contributed by atoms with Crippen LogP contribution in [0.4, 0.5) is 5.82 Å². The summed E-state index contributed by atoms with van der Waals surface area (Å²) in [5.41, 5.74) is 0. The number of aromatic nitrogens is 4. The van der Waals surface area contributed by atoms with Crippen molar-refractivity contribution in [3.63, 3.8) is 0 Å². The van der Waals surface area contributed by atoms with Crippen LogP contribution in [0.25, 0.3) is 5.82 Å². The van der Waals surface area contributed by atoms with Gasteiger partial charge in [-0.15, -0.1) is 0 Å². The van der Waals surface area contributed by atoms with Crippen molar-refractivity contribution < 1.29 is 0 Å². The van der Waals surface area contributed by atoms with Gasteiger partial charge in [0.1, 0.15) is 11.6 Å². The van der Waals surface area contributed by atoms with Crippen molar-refractivity contribution in [3.8, 4) is 5.82 Å². The van der Waals surface area contributed by atoms with E-state index in [4.69, 9.17) is 4.98 Å². The third-order valence-corrected chi connectivity index (χ3v) is 5.37. The number of fused-ring (bicyclic) bond motifs is 1. The first-order valence-corrected chi connectivity index (χ1v) is 8.33. The largest absolute Gasteiger partial charge is 0.352 e. The molecular formula is C17H23N5. The Morgan fingerprint density at radius 1 is 1.14 bits per heavy atom. The molecule has 5 nitrogen and oxygen atoms in total. The van der Waals surface area contributed by atoms with Crippen LogP contribution in [-0.4, -0.2) is 32.1 Å². The van der Waals surface area contributed by atoms with E-state index >= 15 is 0 Å². The molecule has 116 valence electrons. The van der Waals surface area contributed by atoms with E-state index in [1.165, 1.54) is 25.7 Å². The molecule has 3 unspecified atom stereocenters. The SMILES string of the molecule is Cc1nccn1-c1cncc(N2CC(C)C3CCCCC32)n1. The third kappa shape index (κ3) is 2.19. The molecule has 3 heterocycles. The molecule has 3 atom stereocenters. The topological polar surface area (TPSA) is 46.8 Å². The lowest BCUT2D eigenvalue weighted by atomic mass is 9.80. The van der Waals surface area contributed by atoms with E-state index in [-0.39, 0.29) is 0 Å². The van der Waals surface area contributed by atoms with Crippen molar-refractivity contribution >= 4 is 5.82 Å². The minimum atomic E-state index is 0.650. The van der Waals surface area contributed by atoms with Crippen LogP contribution in [-0.2, 0) is 0 Å². The molecule has 0 N–H and O–H groups in total. The van der Waals surface area contributed by atoms with Gasteiger partial charge < -0.3 is 4.90 Å². The van der Waals surface area contributed by atoms with Crippen LogP contribution in [0.2, 0.25) is 0 Å². The highest BCUT2D eigenvalue weighted by Crippen LogP contribution is 2.41. The average molecular weight is 297 g/mol. The van der Waals surface area contributed by atoms with Crippen LogP contribution >= 0.6 is 0 Å². The number of hydrogen-bond donors (Lipinski definition) is 0. The summed E-state index contributed by atoms with van der Waals surface area (Å²) in [6.07, 6.45) is 12.9. The quantitative estimate of drug-likeness (QED) is 0.855. The van der Waals surface area contributed by atoms with Gasteiger partial charge in [-0.05, 0) is 31.6 Å². The summed E-state index contributed by atoms with van der Waals surface area (Å²) < 4.78 is 1.99. The zero-order chi connectivity index (χ0) is 15.1. The normalized spacial score (nSPS) is 27.9. The summed E-state index contributed by atoms with van der Waals surface area (Å²) in [6.45, 7) is 5.49.